The van der Waals surface area contributed by atoms with Crippen LogP contribution in [0.4, 0.5) is 0 Å². The van der Waals surface area contributed by atoms with Gasteiger partial charge in [-0.2, -0.15) is 4.98 Å². The number of aromatic nitrogens is 2. The molecule has 1 aromatic heterocycles. The van der Waals surface area contributed by atoms with Gasteiger partial charge in [0.25, 0.3) is 0 Å². The van der Waals surface area contributed by atoms with Crippen molar-refractivity contribution in [3.05, 3.63) is 41.5 Å². The molecule has 2 aromatic rings. The van der Waals surface area contributed by atoms with Crippen LogP contribution in [0, 0.1) is 6.92 Å². The van der Waals surface area contributed by atoms with Crippen molar-refractivity contribution in [3.63, 3.8) is 0 Å². The first-order chi connectivity index (χ1) is 12.0. The quantitative estimate of drug-likeness (QED) is 0.669. The molecule has 25 heavy (non-hydrogen) atoms. The lowest BCUT2D eigenvalue weighted by Gasteiger charge is -2.07. The Bertz CT molecular complexity index is 697. The summed E-state index contributed by atoms with van der Waals surface area (Å²) in [6.07, 6.45) is 2.34. The number of benzene rings is 1. The zero-order chi connectivity index (χ0) is 18.1. The van der Waals surface area contributed by atoms with E-state index in [0.717, 1.165) is 5.56 Å². The lowest BCUT2D eigenvalue weighted by atomic mass is 10.1. The van der Waals surface area contributed by atoms with Gasteiger partial charge in [0.2, 0.25) is 11.8 Å². The molecule has 1 heterocycles. The summed E-state index contributed by atoms with van der Waals surface area (Å²) in [5, 5.41) is 15.1. The molecule has 0 saturated heterocycles. The molecule has 8 heteroatoms. The molecule has 0 bridgehead atoms. The van der Waals surface area contributed by atoms with Gasteiger partial charge in [-0.25, -0.2) is 4.79 Å². The van der Waals surface area contributed by atoms with Gasteiger partial charge in [0, 0.05) is 19.4 Å². The van der Waals surface area contributed by atoms with Gasteiger partial charge < -0.3 is 19.7 Å². The second-order valence-corrected chi connectivity index (χ2v) is 5.52. The highest BCUT2D eigenvalue weighted by molar-refractivity contribution is 5.75. The maximum atomic E-state index is 11.8. The zero-order valence-electron chi connectivity index (χ0n) is 14.0. The van der Waals surface area contributed by atoms with Crippen LogP contribution in [0.3, 0.4) is 0 Å². The number of carboxylic acid groups (broad SMARTS) is 1. The highest BCUT2D eigenvalue weighted by Gasteiger charge is 2.06. The molecule has 0 fully saturated rings. The molecule has 0 aliphatic rings. The van der Waals surface area contributed by atoms with E-state index in [1.165, 1.54) is 0 Å². The maximum Gasteiger partial charge on any atom is 0.341 e. The highest BCUT2D eigenvalue weighted by Crippen LogP contribution is 2.12. The van der Waals surface area contributed by atoms with Gasteiger partial charge in [-0.15, -0.1) is 0 Å². The monoisotopic (exact) mass is 347 g/mol. The van der Waals surface area contributed by atoms with Crippen LogP contribution in [0.15, 0.2) is 28.8 Å². The number of nitrogens with zero attached hydrogens (tertiary/aromatic N) is 2. The van der Waals surface area contributed by atoms with Crippen molar-refractivity contribution in [2.24, 2.45) is 0 Å². The number of amides is 1. The number of nitrogens with one attached hydrogen (secondary N) is 1. The number of hydrogen-bond acceptors (Lipinski definition) is 6. The lowest BCUT2D eigenvalue weighted by molar-refractivity contribution is -0.139. The van der Waals surface area contributed by atoms with E-state index in [4.69, 9.17) is 14.4 Å². The van der Waals surface area contributed by atoms with E-state index in [-0.39, 0.29) is 12.5 Å². The van der Waals surface area contributed by atoms with Gasteiger partial charge >= 0.3 is 5.97 Å². The number of carbonyl (C=O) groups is 2. The number of rotatable bonds is 10. The second kappa shape index (κ2) is 9.41. The minimum absolute atomic E-state index is 0.0161. The molecule has 8 nitrogen and oxygen atoms in total. The third-order valence-corrected chi connectivity index (χ3v) is 3.39. The molecular formula is C17H21N3O5. The van der Waals surface area contributed by atoms with E-state index in [1.54, 1.807) is 19.1 Å². The maximum absolute atomic E-state index is 11.8. The molecule has 0 atom stereocenters. The Labute approximate surface area is 145 Å². The predicted molar refractivity (Wildman–Crippen MR) is 88.3 cm³/mol. The molecule has 2 N–H and O–H groups in total. The third kappa shape index (κ3) is 7.03. The molecule has 1 amide bonds. The molecule has 0 saturated carbocycles. The number of ether oxygens (including phenoxy) is 1. The zero-order valence-corrected chi connectivity index (χ0v) is 14.0. The highest BCUT2D eigenvalue weighted by atomic mass is 16.5. The Morgan fingerprint density at radius 2 is 2.00 bits per heavy atom. The molecular weight excluding hydrogens is 326 g/mol. The Hall–Kier alpha value is -2.90. The fourth-order valence-corrected chi connectivity index (χ4v) is 2.17. The summed E-state index contributed by atoms with van der Waals surface area (Å²) in [7, 11) is 0. The molecule has 2 rings (SSSR count). The van der Waals surface area contributed by atoms with E-state index in [9.17, 15) is 9.59 Å². The van der Waals surface area contributed by atoms with Gasteiger partial charge in [-0.1, -0.05) is 17.3 Å². The number of carbonyl (C=O) groups excluding carboxylic acids is 1. The van der Waals surface area contributed by atoms with Gasteiger partial charge in [0.05, 0.1) is 0 Å². The second-order valence-electron chi connectivity index (χ2n) is 5.52. The van der Waals surface area contributed by atoms with Gasteiger partial charge in [-0.3, -0.25) is 4.79 Å². The minimum atomic E-state index is -1.01. The Morgan fingerprint density at radius 3 is 2.64 bits per heavy atom. The van der Waals surface area contributed by atoms with Gasteiger partial charge in [-0.05, 0) is 37.5 Å². The topological polar surface area (TPSA) is 115 Å². The first kappa shape index (κ1) is 18.4. The fraction of sp³-hybridized carbons (Fsp3) is 0.412. The van der Waals surface area contributed by atoms with Crippen molar-refractivity contribution in [2.45, 2.75) is 32.6 Å². The van der Waals surface area contributed by atoms with Crippen LogP contribution in [-0.4, -0.2) is 40.3 Å². The summed E-state index contributed by atoms with van der Waals surface area (Å²) < 4.78 is 10.1. The molecule has 0 spiro atoms. The van der Waals surface area contributed by atoms with Crippen molar-refractivity contribution in [1.82, 2.24) is 15.5 Å². The lowest BCUT2D eigenvalue weighted by Crippen LogP contribution is -2.25. The van der Waals surface area contributed by atoms with E-state index in [0.29, 0.717) is 49.7 Å². The van der Waals surface area contributed by atoms with Crippen LogP contribution < -0.4 is 10.1 Å². The van der Waals surface area contributed by atoms with Crippen LogP contribution in [0.5, 0.6) is 5.75 Å². The molecule has 134 valence electrons. The number of carboxylic acids is 1. The molecule has 0 aliphatic carbocycles. The molecule has 0 aliphatic heterocycles. The largest absolute Gasteiger partial charge is 0.482 e. The van der Waals surface area contributed by atoms with Crippen molar-refractivity contribution in [2.75, 3.05) is 13.2 Å². The summed E-state index contributed by atoms with van der Waals surface area (Å²) in [6.45, 7) is 1.93. The number of aliphatic carboxylic acids is 1. The first-order valence-corrected chi connectivity index (χ1v) is 8.02. The molecule has 0 radical (unpaired) electrons. The first-order valence-electron chi connectivity index (χ1n) is 8.02. The van der Waals surface area contributed by atoms with E-state index < -0.39 is 5.97 Å². The molecule has 1 aromatic carbocycles. The average Bonchev–Trinajstić information content (AvgIpc) is 2.99. The van der Waals surface area contributed by atoms with Gasteiger partial charge in [0.15, 0.2) is 12.4 Å². The van der Waals surface area contributed by atoms with Crippen molar-refractivity contribution in [3.8, 4) is 5.75 Å². The van der Waals surface area contributed by atoms with E-state index in [1.807, 2.05) is 12.1 Å². The SMILES string of the molecule is Cc1noc(CCCC(=O)NCCc2ccc(OCC(=O)O)cc2)n1. The van der Waals surface area contributed by atoms with Crippen LogP contribution in [-0.2, 0) is 22.4 Å². The third-order valence-electron chi connectivity index (χ3n) is 3.39. The Kier molecular flexibility index (Phi) is 6.94. The van der Waals surface area contributed by atoms with Crippen LogP contribution in [0.25, 0.3) is 0 Å². The van der Waals surface area contributed by atoms with Crippen LogP contribution in [0.2, 0.25) is 0 Å². The van der Waals surface area contributed by atoms with E-state index >= 15 is 0 Å². The number of hydrogen-bond donors (Lipinski definition) is 2. The summed E-state index contributed by atoms with van der Waals surface area (Å²) in [5.74, 6) is 0.624. The molecule has 0 unspecified atom stereocenters. The Morgan fingerprint density at radius 1 is 1.24 bits per heavy atom. The van der Waals surface area contributed by atoms with Crippen molar-refractivity contribution in [1.29, 1.82) is 0 Å². The minimum Gasteiger partial charge on any atom is -0.482 e. The summed E-state index contributed by atoms with van der Waals surface area (Å²) >= 11 is 0. The van der Waals surface area contributed by atoms with Crippen LogP contribution >= 0.6 is 0 Å². The van der Waals surface area contributed by atoms with Crippen molar-refractivity contribution >= 4 is 11.9 Å². The average molecular weight is 347 g/mol. The summed E-state index contributed by atoms with van der Waals surface area (Å²) in [4.78, 5) is 26.3. The normalized spacial score (nSPS) is 10.4. The standard InChI is InChI=1S/C17H21N3O5/c1-12-19-16(25-20-12)4-2-3-15(21)18-10-9-13-5-7-14(8-6-13)24-11-17(22)23/h5-8H,2-4,9-11H2,1H3,(H,18,21)(H,22,23). The summed E-state index contributed by atoms with van der Waals surface area (Å²) in [6, 6.07) is 7.13. The van der Waals surface area contributed by atoms with Gasteiger partial charge in [0.1, 0.15) is 5.75 Å². The van der Waals surface area contributed by atoms with Crippen LogP contribution in [0.1, 0.15) is 30.1 Å². The fourth-order valence-electron chi connectivity index (χ4n) is 2.17. The number of aryl methyl sites for hydroxylation is 2. The predicted octanol–water partition coefficient (Wildman–Crippen LogP) is 1.52. The smallest absolute Gasteiger partial charge is 0.341 e. The summed E-state index contributed by atoms with van der Waals surface area (Å²) in [5.41, 5.74) is 1.03. The van der Waals surface area contributed by atoms with Crippen molar-refractivity contribution < 1.29 is 24.0 Å². The Balaban J connectivity index is 1.61. The van der Waals surface area contributed by atoms with E-state index in [2.05, 4.69) is 15.5 Å².